The van der Waals surface area contributed by atoms with Gasteiger partial charge >= 0.3 is 12.2 Å². The number of aromatic nitrogens is 2. The van der Waals surface area contributed by atoms with Crippen LogP contribution in [0.4, 0.5) is 23.9 Å². The van der Waals surface area contributed by atoms with Crippen molar-refractivity contribution in [3.05, 3.63) is 18.0 Å². The van der Waals surface area contributed by atoms with Crippen LogP contribution in [0.5, 0.6) is 0 Å². The molecule has 0 unspecified atom stereocenters. The lowest BCUT2D eigenvalue weighted by atomic mass is 9.91. The average Bonchev–Trinajstić information content (AvgIpc) is 2.75. The van der Waals surface area contributed by atoms with Crippen LogP contribution in [0.25, 0.3) is 0 Å². The number of anilines is 1. The number of piperazine rings is 1. The number of alkyl halides is 3. The zero-order valence-corrected chi connectivity index (χ0v) is 21.0. The SMILES string of the molecule is C[C@@H]1CN(c2ncc(C(F)(F)F)cn2)C[C@@H](C)N1C(=O)NCC1CCN(CCC(C)(C)C)CC1. The number of piperidine rings is 1. The summed E-state index contributed by atoms with van der Waals surface area (Å²) in [5.74, 6) is 0.743. The highest BCUT2D eigenvalue weighted by atomic mass is 19.4. The quantitative estimate of drug-likeness (QED) is 0.677. The van der Waals surface area contributed by atoms with Gasteiger partial charge in [-0.3, -0.25) is 0 Å². The normalized spacial score (nSPS) is 23.3. The van der Waals surface area contributed by atoms with Crippen LogP contribution in [0.3, 0.4) is 0 Å². The summed E-state index contributed by atoms with van der Waals surface area (Å²) in [6.45, 7) is 15.6. The first-order valence-electron chi connectivity index (χ1n) is 12.3. The van der Waals surface area contributed by atoms with Gasteiger partial charge in [-0.05, 0) is 64.1 Å². The fourth-order valence-electron chi connectivity index (χ4n) is 4.75. The van der Waals surface area contributed by atoms with Crippen LogP contribution < -0.4 is 10.2 Å². The third-order valence-electron chi connectivity index (χ3n) is 6.83. The van der Waals surface area contributed by atoms with Crippen molar-refractivity contribution in [2.24, 2.45) is 11.3 Å². The monoisotopic (exact) mass is 484 g/mol. The minimum absolute atomic E-state index is 0.0804. The van der Waals surface area contributed by atoms with Crippen molar-refractivity contribution in [3.63, 3.8) is 0 Å². The molecule has 0 saturated carbocycles. The van der Waals surface area contributed by atoms with E-state index in [-0.39, 0.29) is 24.1 Å². The lowest BCUT2D eigenvalue weighted by Gasteiger charge is -2.44. The van der Waals surface area contributed by atoms with Crippen molar-refractivity contribution in [3.8, 4) is 0 Å². The van der Waals surface area contributed by atoms with E-state index in [1.54, 1.807) is 0 Å². The number of urea groups is 1. The molecular formula is C24H39F3N6O. The van der Waals surface area contributed by atoms with Gasteiger partial charge in [-0.25, -0.2) is 14.8 Å². The van der Waals surface area contributed by atoms with E-state index >= 15 is 0 Å². The Morgan fingerprint density at radius 3 is 2.12 bits per heavy atom. The molecule has 2 aliphatic heterocycles. The number of carbonyl (C=O) groups is 1. The Morgan fingerprint density at radius 2 is 1.62 bits per heavy atom. The molecule has 7 nitrogen and oxygen atoms in total. The van der Waals surface area contributed by atoms with Gasteiger partial charge in [0.15, 0.2) is 0 Å². The molecule has 10 heteroatoms. The lowest BCUT2D eigenvalue weighted by molar-refractivity contribution is -0.138. The van der Waals surface area contributed by atoms with Crippen LogP contribution in [0.15, 0.2) is 12.4 Å². The van der Waals surface area contributed by atoms with Gasteiger partial charge in [-0.1, -0.05) is 20.8 Å². The Balaban J connectivity index is 1.46. The van der Waals surface area contributed by atoms with Crippen LogP contribution >= 0.6 is 0 Å². The fraction of sp³-hybridized carbons (Fsp3) is 0.792. The molecule has 1 aromatic heterocycles. The number of rotatable bonds is 5. The van der Waals surface area contributed by atoms with Gasteiger partial charge in [0, 0.05) is 44.1 Å². The largest absolute Gasteiger partial charge is 0.419 e. The highest BCUT2D eigenvalue weighted by Gasteiger charge is 2.35. The summed E-state index contributed by atoms with van der Waals surface area (Å²) < 4.78 is 38.3. The molecule has 34 heavy (non-hydrogen) atoms. The standard InChI is InChI=1S/C24H39F3N6O/c1-17-15-32(21-28-13-20(14-29-21)24(25,26)27)16-18(2)33(17)22(34)30-12-19-6-9-31(10-7-19)11-8-23(3,4)5/h13-14,17-19H,6-12,15-16H2,1-5H3,(H,30,34)/t17-,18-/m1/s1. The fourth-order valence-corrected chi connectivity index (χ4v) is 4.75. The molecule has 0 bridgehead atoms. The second-order valence-electron chi connectivity index (χ2n) is 11.1. The number of likely N-dealkylation sites (tertiary alicyclic amines) is 1. The molecule has 2 amide bonds. The minimum atomic E-state index is -4.46. The van der Waals surface area contributed by atoms with E-state index in [1.807, 2.05) is 23.6 Å². The lowest BCUT2D eigenvalue weighted by Crippen LogP contribution is -2.61. The smallest absolute Gasteiger partial charge is 0.338 e. The predicted octanol–water partition coefficient (Wildman–Crippen LogP) is 4.25. The third kappa shape index (κ3) is 7.20. The zero-order chi connectivity index (χ0) is 25.1. The first-order valence-corrected chi connectivity index (χ1v) is 12.3. The molecule has 2 saturated heterocycles. The number of hydrogen-bond donors (Lipinski definition) is 1. The number of hydrogen-bond acceptors (Lipinski definition) is 5. The molecule has 0 aromatic carbocycles. The maximum absolute atomic E-state index is 13.0. The first-order chi connectivity index (χ1) is 15.8. The van der Waals surface area contributed by atoms with Crippen LogP contribution in [0, 0.1) is 11.3 Å². The second kappa shape index (κ2) is 10.7. The molecule has 1 aromatic rings. The number of nitrogens with zero attached hydrogens (tertiary/aromatic N) is 5. The van der Waals surface area contributed by atoms with Gasteiger partial charge in [0.05, 0.1) is 5.56 Å². The third-order valence-corrected chi connectivity index (χ3v) is 6.83. The molecule has 0 radical (unpaired) electrons. The maximum atomic E-state index is 13.0. The van der Waals surface area contributed by atoms with Gasteiger partial charge in [0.1, 0.15) is 0 Å². The molecule has 0 spiro atoms. The maximum Gasteiger partial charge on any atom is 0.419 e. The molecule has 192 valence electrons. The van der Waals surface area contributed by atoms with E-state index in [0.29, 0.717) is 31.0 Å². The highest BCUT2D eigenvalue weighted by molar-refractivity contribution is 5.75. The molecule has 2 fully saturated rings. The van der Waals surface area contributed by atoms with Gasteiger partial charge < -0.3 is 20.0 Å². The van der Waals surface area contributed by atoms with Crippen molar-refractivity contribution in [2.75, 3.05) is 44.2 Å². The van der Waals surface area contributed by atoms with E-state index in [9.17, 15) is 18.0 Å². The van der Waals surface area contributed by atoms with Crippen LogP contribution in [0.1, 0.15) is 59.4 Å². The van der Waals surface area contributed by atoms with E-state index in [1.165, 1.54) is 6.42 Å². The van der Waals surface area contributed by atoms with Gasteiger partial charge in [0.2, 0.25) is 5.95 Å². The number of amides is 2. The summed E-state index contributed by atoms with van der Waals surface area (Å²) in [5.41, 5.74) is -0.517. The van der Waals surface area contributed by atoms with E-state index < -0.39 is 11.7 Å². The molecule has 0 aliphatic carbocycles. The van der Waals surface area contributed by atoms with Crippen molar-refractivity contribution in [2.45, 2.75) is 72.1 Å². The first kappa shape index (κ1) is 26.5. The van der Waals surface area contributed by atoms with Gasteiger partial charge in [-0.2, -0.15) is 13.2 Å². The summed E-state index contributed by atoms with van der Waals surface area (Å²) in [5, 5.41) is 3.13. The summed E-state index contributed by atoms with van der Waals surface area (Å²) in [7, 11) is 0. The summed E-state index contributed by atoms with van der Waals surface area (Å²) >= 11 is 0. The number of carbonyl (C=O) groups excluding carboxylic acids is 1. The van der Waals surface area contributed by atoms with Crippen molar-refractivity contribution in [1.82, 2.24) is 25.1 Å². The van der Waals surface area contributed by atoms with E-state index in [4.69, 9.17) is 0 Å². The molecule has 2 atom stereocenters. The van der Waals surface area contributed by atoms with E-state index in [0.717, 1.165) is 44.9 Å². The Labute approximate surface area is 201 Å². The van der Waals surface area contributed by atoms with Crippen molar-refractivity contribution < 1.29 is 18.0 Å². The van der Waals surface area contributed by atoms with Crippen molar-refractivity contribution in [1.29, 1.82) is 0 Å². The summed E-state index contributed by atoms with van der Waals surface area (Å²) in [4.78, 5) is 27.0. The average molecular weight is 485 g/mol. The molecule has 1 N–H and O–H groups in total. The Hall–Kier alpha value is -2.10. The van der Waals surface area contributed by atoms with Crippen LogP contribution in [-0.4, -0.2) is 77.2 Å². The predicted molar refractivity (Wildman–Crippen MR) is 127 cm³/mol. The highest BCUT2D eigenvalue weighted by Crippen LogP contribution is 2.29. The topological polar surface area (TPSA) is 64.6 Å². The number of nitrogens with one attached hydrogen (secondary N) is 1. The van der Waals surface area contributed by atoms with Gasteiger partial charge in [-0.15, -0.1) is 0 Å². The minimum Gasteiger partial charge on any atom is -0.338 e. The molecular weight excluding hydrogens is 445 g/mol. The second-order valence-corrected chi connectivity index (χ2v) is 11.1. The zero-order valence-electron chi connectivity index (χ0n) is 21.0. The Bertz CT molecular complexity index is 790. The Morgan fingerprint density at radius 1 is 1.06 bits per heavy atom. The van der Waals surface area contributed by atoms with Crippen LogP contribution in [0.2, 0.25) is 0 Å². The Kier molecular flexibility index (Phi) is 8.31. The summed E-state index contributed by atoms with van der Waals surface area (Å²) in [6.07, 6.45) is 0.534. The molecule has 2 aliphatic rings. The summed E-state index contributed by atoms with van der Waals surface area (Å²) in [6, 6.07) is -0.314. The molecule has 3 rings (SSSR count). The molecule has 3 heterocycles. The van der Waals surface area contributed by atoms with E-state index in [2.05, 4.69) is 41.0 Å². The van der Waals surface area contributed by atoms with Gasteiger partial charge in [0.25, 0.3) is 0 Å². The van der Waals surface area contributed by atoms with Crippen LogP contribution in [-0.2, 0) is 6.18 Å². The number of halogens is 3. The van der Waals surface area contributed by atoms with Crippen molar-refractivity contribution >= 4 is 12.0 Å².